The fraction of sp³-hybridized carbons (Fsp3) is 0.400. The number of rotatable bonds is 4. The Hall–Kier alpha value is -0.940. The van der Waals surface area contributed by atoms with Gasteiger partial charge in [0, 0.05) is 26.2 Å². The standard InChI is InChI=1S/C10H17N4/c11-3-7-1-8(4-12)10(6-14)9(2-7)5-13/h1H,3-6,11-14H2. The largest absolute Gasteiger partial charge is 0.326 e. The maximum absolute atomic E-state index is 5.63. The summed E-state index contributed by atoms with van der Waals surface area (Å²) in [6.45, 7) is 1.78. The molecule has 1 radical (unpaired) electrons. The number of hydrogen-bond acceptors (Lipinski definition) is 4. The van der Waals surface area contributed by atoms with Gasteiger partial charge in [-0.15, -0.1) is 0 Å². The lowest BCUT2D eigenvalue weighted by molar-refractivity contribution is 0.910. The third kappa shape index (κ3) is 2.10. The van der Waals surface area contributed by atoms with E-state index in [1.165, 1.54) is 0 Å². The Balaban J connectivity index is 3.24. The van der Waals surface area contributed by atoms with Gasteiger partial charge in [0.05, 0.1) is 0 Å². The van der Waals surface area contributed by atoms with Gasteiger partial charge in [-0.25, -0.2) is 0 Å². The van der Waals surface area contributed by atoms with E-state index in [-0.39, 0.29) is 0 Å². The summed E-state index contributed by atoms with van der Waals surface area (Å²) in [6, 6.07) is 5.10. The maximum atomic E-state index is 5.63. The zero-order chi connectivity index (χ0) is 10.6. The topological polar surface area (TPSA) is 104 Å². The van der Waals surface area contributed by atoms with Gasteiger partial charge in [0.25, 0.3) is 0 Å². The summed E-state index contributed by atoms with van der Waals surface area (Å²) in [6.07, 6.45) is 0. The normalized spacial score (nSPS) is 10.6. The van der Waals surface area contributed by atoms with E-state index < -0.39 is 0 Å². The molecule has 0 aromatic heterocycles. The Bertz CT molecular complexity index is 284. The van der Waals surface area contributed by atoms with E-state index in [0.717, 1.165) is 22.3 Å². The molecule has 0 unspecified atom stereocenters. The first-order valence-electron chi connectivity index (χ1n) is 4.62. The van der Waals surface area contributed by atoms with Gasteiger partial charge in [-0.3, -0.25) is 0 Å². The van der Waals surface area contributed by atoms with Gasteiger partial charge in [-0.2, -0.15) is 0 Å². The molecule has 1 aromatic carbocycles. The van der Waals surface area contributed by atoms with Crippen molar-refractivity contribution in [2.75, 3.05) is 0 Å². The molecule has 8 N–H and O–H groups in total. The lowest BCUT2D eigenvalue weighted by Crippen LogP contribution is -2.14. The van der Waals surface area contributed by atoms with Gasteiger partial charge < -0.3 is 22.9 Å². The van der Waals surface area contributed by atoms with Gasteiger partial charge in [0.1, 0.15) is 0 Å². The Morgan fingerprint density at radius 3 is 2.07 bits per heavy atom. The molecular formula is C10H17N4. The zero-order valence-corrected chi connectivity index (χ0v) is 8.22. The number of benzene rings is 1. The monoisotopic (exact) mass is 193 g/mol. The second kappa shape index (κ2) is 5.07. The lowest BCUT2D eigenvalue weighted by atomic mass is 9.97. The molecule has 1 aromatic rings. The molecule has 0 aliphatic carbocycles. The van der Waals surface area contributed by atoms with Crippen LogP contribution in [0.3, 0.4) is 0 Å². The zero-order valence-electron chi connectivity index (χ0n) is 8.22. The minimum Gasteiger partial charge on any atom is -0.326 e. The van der Waals surface area contributed by atoms with Crippen LogP contribution in [-0.4, -0.2) is 0 Å². The van der Waals surface area contributed by atoms with Gasteiger partial charge in [-0.05, 0) is 28.3 Å². The van der Waals surface area contributed by atoms with Gasteiger partial charge in [-0.1, -0.05) is 6.07 Å². The Labute approximate surface area is 84.3 Å². The molecule has 4 nitrogen and oxygen atoms in total. The highest BCUT2D eigenvalue weighted by Gasteiger charge is 2.07. The first-order valence-corrected chi connectivity index (χ1v) is 4.62. The van der Waals surface area contributed by atoms with Crippen LogP contribution in [0.5, 0.6) is 0 Å². The molecular weight excluding hydrogens is 176 g/mol. The van der Waals surface area contributed by atoms with E-state index in [0.29, 0.717) is 26.2 Å². The number of hydrogen-bond donors (Lipinski definition) is 4. The third-order valence-electron chi connectivity index (χ3n) is 2.26. The fourth-order valence-electron chi connectivity index (χ4n) is 1.52. The summed E-state index contributed by atoms with van der Waals surface area (Å²) >= 11 is 0. The first-order chi connectivity index (χ1) is 6.76. The average Bonchev–Trinajstić information content (AvgIpc) is 2.26. The average molecular weight is 193 g/mol. The van der Waals surface area contributed by atoms with E-state index >= 15 is 0 Å². The predicted octanol–water partition coefficient (Wildman–Crippen LogP) is -0.678. The highest BCUT2D eigenvalue weighted by atomic mass is 14.6. The Morgan fingerprint density at radius 1 is 0.929 bits per heavy atom. The smallest absolute Gasteiger partial charge is 0.0187 e. The van der Waals surface area contributed by atoms with Crippen LogP contribution in [0.2, 0.25) is 0 Å². The first kappa shape index (κ1) is 11.1. The van der Waals surface area contributed by atoms with Crippen LogP contribution in [0.1, 0.15) is 22.3 Å². The quantitative estimate of drug-likeness (QED) is 0.508. The third-order valence-corrected chi connectivity index (χ3v) is 2.26. The molecule has 14 heavy (non-hydrogen) atoms. The van der Waals surface area contributed by atoms with E-state index in [1.54, 1.807) is 0 Å². The minimum atomic E-state index is 0.424. The summed E-state index contributed by atoms with van der Waals surface area (Å²) < 4.78 is 0. The predicted molar refractivity (Wildman–Crippen MR) is 56.8 cm³/mol. The lowest BCUT2D eigenvalue weighted by Gasteiger charge is -2.12. The molecule has 0 amide bonds. The molecule has 0 saturated carbocycles. The SMILES string of the molecule is NCc1[c]c(CN)c(CN)c(CN)c1. The summed E-state index contributed by atoms with van der Waals surface area (Å²) in [7, 11) is 0. The van der Waals surface area contributed by atoms with Crippen LogP contribution >= 0.6 is 0 Å². The van der Waals surface area contributed by atoms with E-state index in [4.69, 9.17) is 22.9 Å². The fourth-order valence-corrected chi connectivity index (χ4v) is 1.52. The van der Waals surface area contributed by atoms with Crippen molar-refractivity contribution in [3.8, 4) is 0 Å². The maximum Gasteiger partial charge on any atom is 0.0187 e. The molecule has 0 saturated heterocycles. The van der Waals surface area contributed by atoms with Crippen molar-refractivity contribution < 1.29 is 0 Å². The van der Waals surface area contributed by atoms with Crippen molar-refractivity contribution in [1.82, 2.24) is 0 Å². The molecule has 4 heteroatoms. The molecule has 0 aliphatic heterocycles. The molecule has 0 bridgehead atoms. The van der Waals surface area contributed by atoms with Crippen molar-refractivity contribution in [2.24, 2.45) is 22.9 Å². The Morgan fingerprint density at radius 2 is 1.64 bits per heavy atom. The van der Waals surface area contributed by atoms with Crippen LogP contribution in [0.4, 0.5) is 0 Å². The number of nitrogens with two attached hydrogens (primary N) is 4. The van der Waals surface area contributed by atoms with Gasteiger partial charge in [0.15, 0.2) is 0 Å². The van der Waals surface area contributed by atoms with Crippen LogP contribution < -0.4 is 22.9 Å². The summed E-state index contributed by atoms with van der Waals surface area (Å²) in [5, 5.41) is 0. The second-order valence-electron chi connectivity index (χ2n) is 3.09. The minimum absolute atomic E-state index is 0.424. The van der Waals surface area contributed by atoms with E-state index in [9.17, 15) is 0 Å². The van der Waals surface area contributed by atoms with Crippen LogP contribution in [0.25, 0.3) is 0 Å². The highest BCUT2D eigenvalue weighted by Crippen LogP contribution is 2.16. The second-order valence-corrected chi connectivity index (χ2v) is 3.09. The molecule has 0 atom stereocenters. The van der Waals surface area contributed by atoms with Crippen molar-refractivity contribution >= 4 is 0 Å². The highest BCUT2D eigenvalue weighted by molar-refractivity contribution is 5.38. The van der Waals surface area contributed by atoms with Crippen LogP contribution in [-0.2, 0) is 26.2 Å². The van der Waals surface area contributed by atoms with E-state index in [2.05, 4.69) is 6.07 Å². The molecule has 0 aliphatic rings. The van der Waals surface area contributed by atoms with Crippen molar-refractivity contribution in [3.05, 3.63) is 34.4 Å². The van der Waals surface area contributed by atoms with Crippen LogP contribution in [0.15, 0.2) is 6.07 Å². The summed E-state index contributed by atoms with van der Waals surface area (Å²) in [5.74, 6) is 0. The van der Waals surface area contributed by atoms with Crippen molar-refractivity contribution in [2.45, 2.75) is 26.2 Å². The van der Waals surface area contributed by atoms with Gasteiger partial charge >= 0.3 is 0 Å². The van der Waals surface area contributed by atoms with Crippen molar-refractivity contribution in [1.29, 1.82) is 0 Å². The molecule has 0 fully saturated rings. The summed E-state index contributed by atoms with van der Waals surface area (Å²) in [4.78, 5) is 0. The van der Waals surface area contributed by atoms with Gasteiger partial charge in [0.2, 0.25) is 0 Å². The summed E-state index contributed by atoms with van der Waals surface area (Å²) in [5.41, 5.74) is 26.3. The van der Waals surface area contributed by atoms with E-state index in [1.807, 2.05) is 6.07 Å². The molecule has 0 spiro atoms. The Kier molecular flexibility index (Phi) is 4.03. The van der Waals surface area contributed by atoms with Crippen molar-refractivity contribution in [3.63, 3.8) is 0 Å². The molecule has 1 rings (SSSR count). The van der Waals surface area contributed by atoms with Crippen LogP contribution in [0, 0.1) is 6.07 Å². The molecule has 0 heterocycles. The molecule has 77 valence electrons.